The van der Waals surface area contributed by atoms with E-state index in [2.05, 4.69) is 37.5 Å². The zero-order valence-corrected chi connectivity index (χ0v) is 13.6. The molecule has 0 amide bonds. The molecule has 3 heteroatoms. The van der Waals surface area contributed by atoms with Crippen molar-refractivity contribution < 1.29 is 4.74 Å². The fourth-order valence-electron chi connectivity index (χ4n) is 6.16. The van der Waals surface area contributed by atoms with Crippen LogP contribution in [0.5, 0.6) is 0 Å². The summed E-state index contributed by atoms with van der Waals surface area (Å²) in [5.74, 6) is 0.797. The van der Waals surface area contributed by atoms with Gasteiger partial charge >= 0.3 is 0 Å². The largest absolute Gasteiger partial charge is 0.376 e. The Hall–Kier alpha value is -0.120. The maximum absolute atomic E-state index is 5.94. The lowest BCUT2D eigenvalue weighted by Gasteiger charge is -2.67. The normalized spacial score (nSPS) is 57.0. The first-order valence-electron chi connectivity index (χ1n) is 8.40. The Morgan fingerprint density at radius 3 is 1.95 bits per heavy atom. The van der Waals surface area contributed by atoms with Crippen molar-refractivity contribution in [3.8, 4) is 0 Å². The molecule has 4 bridgehead atoms. The molecule has 1 atom stereocenters. The molecule has 0 N–H and O–H groups in total. The average Bonchev–Trinajstić information content (AvgIpc) is 2.22. The van der Waals surface area contributed by atoms with Gasteiger partial charge in [0.05, 0.1) is 11.8 Å². The fourth-order valence-corrected chi connectivity index (χ4v) is 6.16. The molecule has 0 unspecified atom stereocenters. The predicted molar refractivity (Wildman–Crippen MR) is 80.5 cm³/mol. The molecule has 0 aliphatic carbocycles. The van der Waals surface area contributed by atoms with Crippen LogP contribution in [0, 0.1) is 16.7 Å². The highest BCUT2D eigenvalue weighted by Crippen LogP contribution is 2.52. The Morgan fingerprint density at radius 1 is 0.900 bits per heavy atom. The van der Waals surface area contributed by atoms with Crippen LogP contribution in [0.1, 0.15) is 47.0 Å². The highest BCUT2D eigenvalue weighted by atomic mass is 16.5. The number of hydrogen-bond acceptors (Lipinski definition) is 3. The molecule has 5 fully saturated rings. The summed E-state index contributed by atoms with van der Waals surface area (Å²) in [7, 11) is 0. The van der Waals surface area contributed by atoms with E-state index in [1.165, 1.54) is 45.4 Å². The zero-order valence-electron chi connectivity index (χ0n) is 13.6. The second kappa shape index (κ2) is 3.99. The SMILES string of the molecule is CC12CN3CC(C)(CN(C1)C3[C@H]1CCOC(C)(C)C1)C2. The lowest BCUT2D eigenvalue weighted by molar-refractivity contribution is -0.220. The Balaban J connectivity index is 1.59. The zero-order chi connectivity index (χ0) is 14.2. The monoisotopic (exact) mass is 278 g/mol. The summed E-state index contributed by atoms with van der Waals surface area (Å²) in [5, 5.41) is 0. The fraction of sp³-hybridized carbons (Fsp3) is 1.00. The molecule has 0 saturated carbocycles. The standard InChI is InChI=1S/C17H30N2O/c1-15(2)7-13(5-6-20-15)14-18-9-16(3)8-17(4,11-18)12-19(14)10-16/h13-14H,5-12H2,1-4H3/t13-,14?,16?,17?/m0/s1. The molecule has 20 heavy (non-hydrogen) atoms. The summed E-state index contributed by atoms with van der Waals surface area (Å²) >= 11 is 0. The Bertz CT molecular complexity index is 377. The van der Waals surface area contributed by atoms with Crippen LogP contribution in [0.25, 0.3) is 0 Å². The van der Waals surface area contributed by atoms with Crippen molar-refractivity contribution in [2.45, 2.75) is 58.7 Å². The molecule has 0 aromatic carbocycles. The van der Waals surface area contributed by atoms with Gasteiger partial charge in [-0.05, 0) is 49.9 Å². The number of piperidine rings is 2. The minimum atomic E-state index is 0.0770. The highest BCUT2D eigenvalue weighted by Gasteiger charge is 2.57. The van der Waals surface area contributed by atoms with Gasteiger partial charge in [-0.3, -0.25) is 9.80 Å². The van der Waals surface area contributed by atoms with E-state index in [4.69, 9.17) is 4.74 Å². The Morgan fingerprint density at radius 2 is 1.45 bits per heavy atom. The Kier molecular flexibility index (Phi) is 2.70. The van der Waals surface area contributed by atoms with Crippen LogP contribution in [0.15, 0.2) is 0 Å². The number of ether oxygens (including phenoxy) is 1. The summed E-state index contributed by atoms with van der Waals surface area (Å²) in [6.45, 7) is 15.8. The molecule has 0 aromatic heterocycles. The second-order valence-electron chi connectivity index (χ2n) is 9.38. The van der Waals surface area contributed by atoms with Crippen LogP contribution in [0.2, 0.25) is 0 Å². The first-order valence-corrected chi connectivity index (χ1v) is 8.40. The molecule has 5 saturated heterocycles. The number of nitrogens with zero attached hydrogens (tertiary/aromatic N) is 2. The third kappa shape index (κ3) is 2.05. The molecule has 3 nitrogen and oxygen atoms in total. The maximum Gasteiger partial charge on any atom is 0.0654 e. The van der Waals surface area contributed by atoms with Crippen LogP contribution < -0.4 is 0 Å². The van der Waals surface area contributed by atoms with Gasteiger partial charge in [-0.2, -0.15) is 0 Å². The third-order valence-electron chi connectivity index (χ3n) is 6.10. The van der Waals surface area contributed by atoms with E-state index in [1.54, 1.807) is 0 Å². The van der Waals surface area contributed by atoms with Gasteiger partial charge in [0.1, 0.15) is 0 Å². The van der Waals surface area contributed by atoms with Crippen molar-refractivity contribution in [3.05, 3.63) is 0 Å². The van der Waals surface area contributed by atoms with Gasteiger partial charge in [0.2, 0.25) is 0 Å². The van der Waals surface area contributed by atoms with E-state index in [-0.39, 0.29) is 5.60 Å². The van der Waals surface area contributed by atoms with Gasteiger partial charge < -0.3 is 4.74 Å². The molecule has 5 aliphatic heterocycles. The van der Waals surface area contributed by atoms with Crippen LogP contribution in [0.3, 0.4) is 0 Å². The lowest BCUT2D eigenvalue weighted by atomic mass is 9.62. The Labute approximate surface area is 123 Å². The summed E-state index contributed by atoms with van der Waals surface area (Å²) in [6.07, 6.45) is 4.59. The van der Waals surface area contributed by atoms with Gasteiger partial charge in [0.15, 0.2) is 0 Å². The topological polar surface area (TPSA) is 15.7 Å². The quantitative estimate of drug-likeness (QED) is 0.733. The summed E-state index contributed by atoms with van der Waals surface area (Å²) in [5.41, 5.74) is 1.17. The van der Waals surface area contributed by atoms with Crippen molar-refractivity contribution in [3.63, 3.8) is 0 Å². The minimum absolute atomic E-state index is 0.0770. The summed E-state index contributed by atoms with van der Waals surface area (Å²) in [4.78, 5) is 5.64. The van der Waals surface area contributed by atoms with E-state index in [1.807, 2.05) is 0 Å². The van der Waals surface area contributed by atoms with Gasteiger partial charge in [0.25, 0.3) is 0 Å². The first kappa shape index (κ1) is 13.5. The number of rotatable bonds is 1. The van der Waals surface area contributed by atoms with E-state index >= 15 is 0 Å². The van der Waals surface area contributed by atoms with E-state index in [9.17, 15) is 0 Å². The van der Waals surface area contributed by atoms with E-state index in [0.29, 0.717) is 17.0 Å². The van der Waals surface area contributed by atoms with Gasteiger partial charge in [0, 0.05) is 32.8 Å². The van der Waals surface area contributed by atoms with Crippen molar-refractivity contribution in [2.24, 2.45) is 16.7 Å². The van der Waals surface area contributed by atoms with Crippen LogP contribution in [-0.4, -0.2) is 54.4 Å². The molecular formula is C17H30N2O. The van der Waals surface area contributed by atoms with E-state index in [0.717, 1.165) is 12.5 Å². The molecule has 114 valence electrons. The number of hydrogen-bond donors (Lipinski definition) is 0. The van der Waals surface area contributed by atoms with Crippen LogP contribution in [-0.2, 0) is 4.74 Å². The van der Waals surface area contributed by atoms with Crippen LogP contribution >= 0.6 is 0 Å². The van der Waals surface area contributed by atoms with Crippen molar-refractivity contribution >= 4 is 0 Å². The third-order valence-corrected chi connectivity index (χ3v) is 6.10. The van der Waals surface area contributed by atoms with Gasteiger partial charge in [-0.25, -0.2) is 0 Å². The summed E-state index contributed by atoms with van der Waals surface area (Å²) < 4.78 is 5.94. The second-order valence-corrected chi connectivity index (χ2v) is 9.38. The minimum Gasteiger partial charge on any atom is -0.376 e. The summed E-state index contributed by atoms with van der Waals surface area (Å²) in [6, 6.07) is 0. The van der Waals surface area contributed by atoms with Crippen molar-refractivity contribution in [1.29, 1.82) is 0 Å². The predicted octanol–water partition coefficient (Wildman–Crippen LogP) is 2.57. The molecule has 5 aliphatic rings. The van der Waals surface area contributed by atoms with Crippen LogP contribution in [0.4, 0.5) is 0 Å². The molecule has 5 heterocycles. The van der Waals surface area contributed by atoms with E-state index < -0.39 is 0 Å². The molecule has 0 aromatic rings. The molecule has 0 radical (unpaired) electrons. The molecular weight excluding hydrogens is 248 g/mol. The lowest BCUT2D eigenvalue weighted by Crippen LogP contribution is -2.75. The highest BCUT2D eigenvalue weighted by molar-refractivity contribution is 5.09. The van der Waals surface area contributed by atoms with Gasteiger partial charge in [-0.15, -0.1) is 0 Å². The van der Waals surface area contributed by atoms with Gasteiger partial charge in [-0.1, -0.05) is 13.8 Å². The maximum atomic E-state index is 5.94. The van der Waals surface area contributed by atoms with Crippen molar-refractivity contribution in [2.75, 3.05) is 32.8 Å². The first-order chi connectivity index (χ1) is 9.28. The average molecular weight is 278 g/mol. The molecule has 5 rings (SSSR count). The van der Waals surface area contributed by atoms with Crippen molar-refractivity contribution in [1.82, 2.24) is 9.80 Å². The molecule has 0 spiro atoms. The smallest absolute Gasteiger partial charge is 0.0654 e.